The number of rotatable bonds is 4. The third kappa shape index (κ3) is 3.49. The second-order valence-corrected chi connectivity index (χ2v) is 5.45. The monoisotopic (exact) mass is 265 g/mol. The molecule has 3 heteroatoms. The largest absolute Gasteiger partial charge is 0.349 e. The summed E-state index contributed by atoms with van der Waals surface area (Å²) in [5.41, 5.74) is 1.21. The molecule has 0 aromatic heterocycles. The van der Waals surface area contributed by atoms with Gasteiger partial charge in [0.1, 0.15) is 5.88 Å². The summed E-state index contributed by atoms with van der Waals surface area (Å²) in [6, 6.07) is 10.4. The minimum atomic E-state index is -0.0778. The van der Waals surface area contributed by atoms with Gasteiger partial charge in [-0.25, -0.2) is 0 Å². The maximum absolute atomic E-state index is 11.6. The van der Waals surface area contributed by atoms with Gasteiger partial charge < -0.3 is 5.32 Å². The van der Waals surface area contributed by atoms with E-state index >= 15 is 0 Å². The number of hydrogen-bond donors (Lipinski definition) is 1. The smallest absolute Gasteiger partial charge is 0.235 e. The van der Waals surface area contributed by atoms with Crippen molar-refractivity contribution in [3.8, 4) is 0 Å². The van der Waals surface area contributed by atoms with E-state index < -0.39 is 0 Å². The van der Waals surface area contributed by atoms with E-state index in [1.807, 2.05) is 6.07 Å². The van der Waals surface area contributed by atoms with E-state index in [2.05, 4.69) is 29.6 Å². The quantitative estimate of drug-likeness (QED) is 0.832. The van der Waals surface area contributed by atoms with Crippen LogP contribution in [0.3, 0.4) is 0 Å². The van der Waals surface area contributed by atoms with Crippen molar-refractivity contribution in [2.75, 3.05) is 5.88 Å². The Hall–Kier alpha value is -1.02. The fourth-order valence-corrected chi connectivity index (χ4v) is 2.96. The van der Waals surface area contributed by atoms with Crippen LogP contribution in [-0.4, -0.2) is 17.3 Å². The van der Waals surface area contributed by atoms with Gasteiger partial charge in [0, 0.05) is 5.54 Å². The average Bonchev–Trinajstić information content (AvgIpc) is 2.40. The Morgan fingerprint density at radius 1 is 1.17 bits per heavy atom. The summed E-state index contributed by atoms with van der Waals surface area (Å²) in [6.45, 7) is 0. The van der Waals surface area contributed by atoms with E-state index in [-0.39, 0.29) is 17.3 Å². The van der Waals surface area contributed by atoms with Crippen LogP contribution in [0, 0.1) is 0 Å². The zero-order chi connectivity index (χ0) is 12.8. The van der Waals surface area contributed by atoms with E-state index in [9.17, 15) is 4.79 Å². The predicted molar refractivity (Wildman–Crippen MR) is 74.8 cm³/mol. The summed E-state index contributed by atoms with van der Waals surface area (Å²) >= 11 is 5.62. The second kappa shape index (κ2) is 6.24. The molecule has 0 atom stereocenters. The molecule has 0 saturated heterocycles. The molecule has 1 amide bonds. The summed E-state index contributed by atoms with van der Waals surface area (Å²) in [6.07, 6.45) is 6.68. The molecule has 1 aromatic carbocycles. The molecule has 1 N–H and O–H groups in total. The van der Waals surface area contributed by atoms with Crippen molar-refractivity contribution >= 4 is 17.5 Å². The van der Waals surface area contributed by atoms with E-state index in [0.717, 1.165) is 19.3 Å². The number of halogens is 1. The average molecular weight is 266 g/mol. The van der Waals surface area contributed by atoms with Crippen molar-refractivity contribution in [3.05, 3.63) is 35.9 Å². The zero-order valence-corrected chi connectivity index (χ0v) is 11.4. The minimum Gasteiger partial charge on any atom is -0.349 e. The maximum Gasteiger partial charge on any atom is 0.235 e. The van der Waals surface area contributed by atoms with Gasteiger partial charge >= 0.3 is 0 Å². The summed E-state index contributed by atoms with van der Waals surface area (Å²) in [5.74, 6) is 0.00536. The molecule has 0 heterocycles. The van der Waals surface area contributed by atoms with Gasteiger partial charge in [0.05, 0.1) is 0 Å². The molecule has 1 fully saturated rings. The van der Waals surface area contributed by atoms with E-state index in [1.54, 1.807) is 0 Å². The van der Waals surface area contributed by atoms with Crippen LogP contribution < -0.4 is 5.32 Å². The Morgan fingerprint density at radius 3 is 2.44 bits per heavy atom. The molecule has 1 saturated carbocycles. The number of amides is 1. The highest BCUT2D eigenvalue weighted by Gasteiger charge is 2.33. The van der Waals surface area contributed by atoms with Crippen LogP contribution in [0.5, 0.6) is 0 Å². The van der Waals surface area contributed by atoms with Crippen molar-refractivity contribution in [3.63, 3.8) is 0 Å². The predicted octanol–water partition coefficient (Wildman–Crippen LogP) is 3.29. The Bertz CT molecular complexity index is 385. The molecule has 0 unspecified atom stereocenters. The van der Waals surface area contributed by atoms with E-state index in [4.69, 9.17) is 11.6 Å². The minimum absolute atomic E-state index is 0.0468. The number of nitrogens with one attached hydrogen (secondary N) is 1. The van der Waals surface area contributed by atoms with Crippen LogP contribution in [-0.2, 0) is 11.2 Å². The molecule has 0 radical (unpaired) electrons. The van der Waals surface area contributed by atoms with Crippen molar-refractivity contribution in [2.24, 2.45) is 0 Å². The Kier molecular flexibility index (Phi) is 4.65. The number of carbonyl (C=O) groups is 1. The topological polar surface area (TPSA) is 29.1 Å². The van der Waals surface area contributed by atoms with Crippen LogP contribution in [0.4, 0.5) is 0 Å². The summed E-state index contributed by atoms with van der Waals surface area (Å²) < 4.78 is 0. The third-order valence-electron chi connectivity index (χ3n) is 3.72. The fraction of sp³-hybridized carbons (Fsp3) is 0.533. The molecule has 1 aromatic rings. The van der Waals surface area contributed by atoms with Gasteiger partial charge in [-0.1, -0.05) is 49.6 Å². The molecule has 0 bridgehead atoms. The maximum atomic E-state index is 11.6. The molecule has 0 spiro atoms. The molecule has 18 heavy (non-hydrogen) atoms. The standard InChI is InChI=1S/C15H20ClNO/c16-12-14(18)17-15(9-5-2-6-10-15)11-13-7-3-1-4-8-13/h1,3-4,7-8H,2,5-6,9-12H2,(H,17,18). The zero-order valence-electron chi connectivity index (χ0n) is 10.6. The number of carbonyl (C=O) groups excluding carboxylic acids is 1. The molecule has 2 nitrogen and oxygen atoms in total. The number of alkyl halides is 1. The SMILES string of the molecule is O=C(CCl)NC1(Cc2ccccc2)CCCCC1. The van der Waals surface area contributed by atoms with Crippen molar-refractivity contribution < 1.29 is 4.79 Å². The first-order valence-electron chi connectivity index (χ1n) is 6.65. The van der Waals surface area contributed by atoms with Gasteiger partial charge in [-0.2, -0.15) is 0 Å². The second-order valence-electron chi connectivity index (χ2n) is 5.19. The Labute approximate surface area is 114 Å². The van der Waals surface area contributed by atoms with Gasteiger partial charge in [-0.05, 0) is 24.8 Å². The summed E-state index contributed by atoms with van der Waals surface area (Å²) in [4.78, 5) is 11.6. The van der Waals surface area contributed by atoms with E-state index in [1.165, 1.54) is 24.8 Å². The van der Waals surface area contributed by atoms with Crippen molar-refractivity contribution in [1.29, 1.82) is 0 Å². The highest BCUT2D eigenvalue weighted by molar-refractivity contribution is 6.27. The molecular weight excluding hydrogens is 246 g/mol. The summed E-state index contributed by atoms with van der Waals surface area (Å²) in [5, 5.41) is 3.16. The van der Waals surface area contributed by atoms with Crippen LogP contribution in [0.1, 0.15) is 37.7 Å². The first kappa shape index (κ1) is 13.4. The molecule has 1 aliphatic carbocycles. The normalized spacial score (nSPS) is 18.3. The van der Waals surface area contributed by atoms with Crippen LogP contribution >= 0.6 is 11.6 Å². The lowest BCUT2D eigenvalue weighted by Crippen LogP contribution is -2.51. The van der Waals surface area contributed by atoms with Gasteiger partial charge in [0.25, 0.3) is 0 Å². The van der Waals surface area contributed by atoms with Gasteiger partial charge in [-0.15, -0.1) is 11.6 Å². The Morgan fingerprint density at radius 2 is 1.83 bits per heavy atom. The van der Waals surface area contributed by atoms with Crippen LogP contribution in [0.15, 0.2) is 30.3 Å². The van der Waals surface area contributed by atoms with Gasteiger partial charge in [-0.3, -0.25) is 4.79 Å². The molecule has 0 aliphatic heterocycles. The van der Waals surface area contributed by atoms with Crippen LogP contribution in [0.2, 0.25) is 0 Å². The van der Waals surface area contributed by atoms with Crippen LogP contribution in [0.25, 0.3) is 0 Å². The highest BCUT2D eigenvalue weighted by atomic mass is 35.5. The molecule has 2 rings (SSSR count). The molecule has 1 aliphatic rings. The Balaban J connectivity index is 2.11. The summed E-state index contributed by atoms with van der Waals surface area (Å²) in [7, 11) is 0. The van der Waals surface area contributed by atoms with E-state index in [0.29, 0.717) is 0 Å². The van der Waals surface area contributed by atoms with Gasteiger partial charge in [0.15, 0.2) is 0 Å². The molecule has 98 valence electrons. The van der Waals surface area contributed by atoms with Crippen molar-refractivity contribution in [2.45, 2.75) is 44.1 Å². The molecular formula is C15H20ClNO. The fourth-order valence-electron chi connectivity index (χ4n) is 2.89. The van der Waals surface area contributed by atoms with Crippen molar-refractivity contribution in [1.82, 2.24) is 5.32 Å². The lowest BCUT2D eigenvalue weighted by molar-refractivity contribution is -0.121. The number of benzene rings is 1. The highest BCUT2D eigenvalue weighted by Crippen LogP contribution is 2.31. The first-order chi connectivity index (χ1) is 8.74. The lowest BCUT2D eigenvalue weighted by atomic mass is 9.77. The third-order valence-corrected chi connectivity index (χ3v) is 3.96. The number of hydrogen-bond acceptors (Lipinski definition) is 1. The lowest BCUT2D eigenvalue weighted by Gasteiger charge is -2.38. The first-order valence-corrected chi connectivity index (χ1v) is 7.18. The van der Waals surface area contributed by atoms with Gasteiger partial charge in [0.2, 0.25) is 5.91 Å².